The monoisotopic (exact) mass is 437 g/mol. The number of carboxylic acid groups (broad SMARTS) is 2. The Morgan fingerprint density at radius 1 is 1.19 bits per heavy atom. The van der Waals surface area contributed by atoms with Crippen molar-refractivity contribution in [2.45, 2.75) is 32.6 Å². The number of aliphatic imine (C=N–C) groups is 1. The fourth-order valence-electron chi connectivity index (χ4n) is 3.21. The van der Waals surface area contributed by atoms with Crippen LogP contribution >= 0.6 is 0 Å². The fraction of sp³-hybridized carbons (Fsp3) is 0.368. The van der Waals surface area contributed by atoms with E-state index in [0.717, 1.165) is 37.8 Å². The summed E-state index contributed by atoms with van der Waals surface area (Å²) in [6.45, 7) is 2.28. The predicted molar refractivity (Wildman–Crippen MR) is 109 cm³/mol. The minimum absolute atomic E-state index is 0. The molecule has 0 bridgehead atoms. The standard InChI is InChI=1S/C19H22N4O7.H2O/c1-2-3-4-5-9-23(11-16(24)25)10-15(20-12-23)21-18(26)13-7-6-8-14(22(29)30)17(13)19(27)28;/h6-8,10,12H,2-5,9,11H2,1H3,(H2-,21,24,25,26,27,28);1H2/p+1. The van der Waals surface area contributed by atoms with Crippen molar-refractivity contribution in [1.29, 1.82) is 0 Å². The van der Waals surface area contributed by atoms with E-state index in [2.05, 4.69) is 17.2 Å². The number of nitro benzene ring substituents is 1. The number of carbonyl (C=O) groups is 3. The molecule has 1 heterocycles. The summed E-state index contributed by atoms with van der Waals surface area (Å²) in [4.78, 5) is 49.7. The summed E-state index contributed by atoms with van der Waals surface area (Å²) in [5, 5.41) is 32.1. The summed E-state index contributed by atoms with van der Waals surface area (Å²) in [6.07, 6.45) is 6.63. The molecule has 168 valence electrons. The molecule has 0 saturated carbocycles. The zero-order chi connectivity index (χ0) is 22.3. The normalized spacial score (nSPS) is 16.9. The molecule has 31 heavy (non-hydrogen) atoms. The number of benzene rings is 1. The van der Waals surface area contributed by atoms with E-state index in [1.54, 1.807) is 0 Å². The van der Waals surface area contributed by atoms with Crippen LogP contribution in [0.4, 0.5) is 5.69 Å². The van der Waals surface area contributed by atoms with Gasteiger partial charge < -0.3 is 21.0 Å². The number of carboxylic acids is 2. The van der Waals surface area contributed by atoms with Gasteiger partial charge in [0.05, 0.1) is 17.0 Å². The maximum atomic E-state index is 12.6. The van der Waals surface area contributed by atoms with Crippen molar-refractivity contribution in [2.75, 3.05) is 13.1 Å². The molecule has 12 heteroatoms. The van der Waals surface area contributed by atoms with Crippen LogP contribution in [-0.4, -0.2) is 62.4 Å². The van der Waals surface area contributed by atoms with Gasteiger partial charge in [0.1, 0.15) is 11.8 Å². The van der Waals surface area contributed by atoms with Crippen LogP contribution < -0.4 is 5.32 Å². The highest BCUT2D eigenvalue weighted by Crippen LogP contribution is 2.23. The largest absolute Gasteiger partial charge is 0.477 e. The summed E-state index contributed by atoms with van der Waals surface area (Å²) in [7, 11) is 0. The van der Waals surface area contributed by atoms with Crippen LogP contribution in [0.1, 0.15) is 53.3 Å². The first-order valence-corrected chi connectivity index (χ1v) is 9.37. The highest BCUT2D eigenvalue weighted by molar-refractivity contribution is 6.07. The van der Waals surface area contributed by atoms with Gasteiger partial charge in [0.15, 0.2) is 18.7 Å². The molecule has 1 aromatic rings. The van der Waals surface area contributed by atoms with Crippen molar-refractivity contribution in [3.8, 4) is 0 Å². The van der Waals surface area contributed by atoms with Crippen molar-refractivity contribution >= 4 is 29.9 Å². The summed E-state index contributed by atoms with van der Waals surface area (Å²) in [6, 6.07) is 3.37. The summed E-state index contributed by atoms with van der Waals surface area (Å²) >= 11 is 0. The lowest BCUT2D eigenvalue weighted by molar-refractivity contribution is -0.771. The van der Waals surface area contributed by atoms with Crippen molar-refractivity contribution in [3.05, 3.63) is 51.5 Å². The van der Waals surface area contributed by atoms with Gasteiger partial charge in [-0.15, -0.1) is 0 Å². The molecule has 1 aliphatic heterocycles. The highest BCUT2D eigenvalue weighted by Gasteiger charge is 2.33. The van der Waals surface area contributed by atoms with Gasteiger partial charge in [0, 0.05) is 6.07 Å². The molecule has 0 aliphatic carbocycles. The number of nitro groups is 1. The average molecular weight is 437 g/mol. The Balaban J connectivity index is 0.00000480. The van der Waals surface area contributed by atoms with Gasteiger partial charge in [-0.3, -0.25) is 14.9 Å². The van der Waals surface area contributed by atoms with Crippen LogP contribution in [0.3, 0.4) is 0 Å². The molecule has 0 fully saturated rings. The molecule has 0 aromatic heterocycles. The quantitative estimate of drug-likeness (QED) is 0.202. The Morgan fingerprint density at radius 3 is 2.48 bits per heavy atom. The number of amides is 1. The van der Waals surface area contributed by atoms with Crippen LogP contribution in [0.2, 0.25) is 0 Å². The second-order valence-corrected chi connectivity index (χ2v) is 6.91. The average Bonchev–Trinajstić information content (AvgIpc) is 3.06. The molecule has 1 unspecified atom stereocenters. The van der Waals surface area contributed by atoms with Gasteiger partial charge in [-0.1, -0.05) is 25.8 Å². The van der Waals surface area contributed by atoms with Crippen molar-refractivity contribution in [2.24, 2.45) is 4.99 Å². The lowest BCUT2D eigenvalue weighted by Gasteiger charge is -2.25. The van der Waals surface area contributed by atoms with E-state index < -0.39 is 34.0 Å². The fourth-order valence-corrected chi connectivity index (χ4v) is 3.21. The van der Waals surface area contributed by atoms with E-state index in [9.17, 15) is 34.7 Å². The van der Waals surface area contributed by atoms with Gasteiger partial charge in [-0.05, 0) is 18.9 Å². The number of aromatic carboxylic acids is 1. The number of nitrogens with zero attached hydrogens (tertiary/aromatic N) is 3. The van der Waals surface area contributed by atoms with E-state index in [1.807, 2.05) is 0 Å². The molecule has 0 radical (unpaired) electrons. The molecule has 12 nitrogen and oxygen atoms in total. The molecular weight excluding hydrogens is 412 g/mol. The maximum absolute atomic E-state index is 12.6. The van der Waals surface area contributed by atoms with Crippen LogP contribution in [0.15, 0.2) is 35.2 Å². The molecule has 0 spiro atoms. The minimum atomic E-state index is -1.61. The Labute approximate surface area is 177 Å². The SMILES string of the molecule is CCCCCC[N+]1(CC(=O)O)C=NC(NC(=O)c2cccc([N+](=O)[O-])c2C(=O)O)=C1.O. The maximum Gasteiger partial charge on any atom is 0.360 e. The van der Waals surface area contributed by atoms with Crippen molar-refractivity contribution in [3.63, 3.8) is 0 Å². The summed E-state index contributed by atoms with van der Waals surface area (Å²) < 4.78 is -0.0879. The lowest BCUT2D eigenvalue weighted by atomic mass is 10.0. The number of nitrogens with one attached hydrogen (secondary N) is 1. The van der Waals surface area contributed by atoms with E-state index in [4.69, 9.17) is 0 Å². The van der Waals surface area contributed by atoms with Crippen LogP contribution in [-0.2, 0) is 4.79 Å². The number of unbranched alkanes of at least 4 members (excludes halogenated alkanes) is 3. The third-order valence-corrected chi connectivity index (χ3v) is 4.60. The van der Waals surface area contributed by atoms with Gasteiger partial charge in [-0.2, -0.15) is 4.99 Å². The van der Waals surface area contributed by atoms with Crippen molar-refractivity contribution in [1.82, 2.24) is 5.32 Å². The van der Waals surface area contributed by atoms with E-state index in [1.165, 1.54) is 18.6 Å². The lowest BCUT2D eigenvalue weighted by Crippen LogP contribution is -2.45. The topological polar surface area (TPSA) is 191 Å². The summed E-state index contributed by atoms with van der Waals surface area (Å²) in [5.74, 6) is -3.48. The molecule has 1 amide bonds. The van der Waals surface area contributed by atoms with Crippen molar-refractivity contribution < 1.29 is 39.5 Å². The van der Waals surface area contributed by atoms with E-state index >= 15 is 0 Å². The Hall–Kier alpha value is -3.64. The minimum Gasteiger partial charge on any atom is -0.477 e. The molecule has 2 rings (SSSR count). The second kappa shape index (κ2) is 10.9. The van der Waals surface area contributed by atoms with Gasteiger partial charge >= 0.3 is 11.9 Å². The molecule has 0 saturated heterocycles. The first kappa shape index (κ1) is 25.4. The van der Waals surface area contributed by atoms with Crippen LogP contribution in [0.5, 0.6) is 0 Å². The first-order chi connectivity index (χ1) is 14.2. The highest BCUT2D eigenvalue weighted by atomic mass is 16.6. The second-order valence-electron chi connectivity index (χ2n) is 6.91. The smallest absolute Gasteiger partial charge is 0.360 e. The number of quaternary nitrogens is 1. The Bertz CT molecular complexity index is 927. The van der Waals surface area contributed by atoms with Crippen LogP contribution in [0, 0.1) is 10.1 Å². The first-order valence-electron chi connectivity index (χ1n) is 9.37. The zero-order valence-corrected chi connectivity index (χ0v) is 16.9. The van der Waals surface area contributed by atoms with Crippen LogP contribution in [0.25, 0.3) is 0 Å². The van der Waals surface area contributed by atoms with E-state index in [-0.39, 0.29) is 27.9 Å². The Kier molecular flexibility index (Phi) is 8.96. The number of carbonyl (C=O) groups excluding carboxylic acids is 1. The molecule has 1 aliphatic rings. The molecule has 5 N–H and O–H groups in total. The predicted octanol–water partition coefficient (Wildman–Crippen LogP) is 1.52. The van der Waals surface area contributed by atoms with Gasteiger partial charge in [-0.25, -0.2) is 14.1 Å². The number of hydrogen-bond acceptors (Lipinski definition) is 6. The Morgan fingerprint density at radius 2 is 1.90 bits per heavy atom. The zero-order valence-electron chi connectivity index (χ0n) is 16.9. The summed E-state index contributed by atoms with van der Waals surface area (Å²) in [5.41, 5.74) is -1.82. The number of hydrogen-bond donors (Lipinski definition) is 3. The third-order valence-electron chi connectivity index (χ3n) is 4.60. The van der Waals surface area contributed by atoms with E-state index in [0.29, 0.717) is 6.54 Å². The molecular formula is C19H25N4O8+. The third kappa shape index (κ3) is 6.42. The van der Waals surface area contributed by atoms with Gasteiger partial charge in [0.2, 0.25) is 0 Å². The number of rotatable bonds is 11. The number of aliphatic carboxylic acids is 1. The van der Waals surface area contributed by atoms with Gasteiger partial charge in [0.25, 0.3) is 11.6 Å². The molecule has 1 atom stereocenters. The molecule has 1 aromatic carbocycles.